The Labute approximate surface area is 101 Å². The molecule has 0 spiro atoms. The highest BCUT2D eigenvalue weighted by Crippen LogP contribution is 2.38. The molecule has 0 atom stereocenters. The summed E-state index contributed by atoms with van der Waals surface area (Å²) in [6.07, 6.45) is 3.68. The minimum absolute atomic E-state index is 0.177. The van der Waals surface area contributed by atoms with E-state index in [9.17, 15) is 9.59 Å². The van der Waals surface area contributed by atoms with E-state index in [1.54, 1.807) is 6.92 Å². The first kappa shape index (κ1) is 10.9. The van der Waals surface area contributed by atoms with Gasteiger partial charge in [-0.15, -0.1) is 0 Å². The molecular formula is C11H12N4O3. The number of aromatic amines is 1. The minimum atomic E-state index is -0.475. The highest BCUT2D eigenvalue weighted by atomic mass is 16.5. The van der Waals surface area contributed by atoms with Crippen LogP contribution in [0.3, 0.4) is 0 Å². The van der Waals surface area contributed by atoms with Gasteiger partial charge in [0.05, 0.1) is 0 Å². The molecule has 0 radical (unpaired) electrons. The predicted molar refractivity (Wildman–Crippen MR) is 61.4 cm³/mol. The van der Waals surface area contributed by atoms with Crippen molar-refractivity contribution in [2.45, 2.75) is 32.2 Å². The molecule has 7 nitrogen and oxygen atoms in total. The normalized spacial score (nSPS) is 14.9. The lowest BCUT2D eigenvalue weighted by Gasteiger charge is -2.01. The number of rotatable bonds is 3. The molecule has 1 N–H and O–H groups in total. The number of nitrogens with zero attached hydrogens (tertiary/aromatic N) is 3. The number of aryl methyl sites for hydroxylation is 1. The van der Waals surface area contributed by atoms with Gasteiger partial charge >= 0.3 is 5.69 Å². The van der Waals surface area contributed by atoms with Gasteiger partial charge in [-0.25, -0.2) is 4.79 Å². The summed E-state index contributed by atoms with van der Waals surface area (Å²) in [5.41, 5.74) is -0.381. The van der Waals surface area contributed by atoms with Crippen LogP contribution in [0.4, 0.5) is 0 Å². The lowest BCUT2D eigenvalue weighted by molar-refractivity contribution is 0.364. The molecule has 0 aliphatic heterocycles. The molecule has 0 saturated heterocycles. The summed E-state index contributed by atoms with van der Waals surface area (Å²) < 4.78 is 6.43. The molecule has 94 valence electrons. The maximum atomic E-state index is 11.6. The molecule has 0 bridgehead atoms. The third-order valence-corrected chi connectivity index (χ3v) is 2.92. The van der Waals surface area contributed by atoms with Crippen LogP contribution >= 0.6 is 0 Å². The van der Waals surface area contributed by atoms with Gasteiger partial charge in [0.25, 0.3) is 5.56 Å². The molecule has 1 aliphatic rings. The monoisotopic (exact) mass is 248 g/mol. The zero-order valence-electron chi connectivity index (χ0n) is 9.84. The van der Waals surface area contributed by atoms with Crippen molar-refractivity contribution < 1.29 is 4.52 Å². The summed E-state index contributed by atoms with van der Waals surface area (Å²) >= 11 is 0. The van der Waals surface area contributed by atoms with E-state index in [1.807, 2.05) is 0 Å². The van der Waals surface area contributed by atoms with Gasteiger partial charge in [-0.05, 0) is 19.8 Å². The van der Waals surface area contributed by atoms with Crippen LogP contribution in [-0.4, -0.2) is 19.7 Å². The zero-order valence-corrected chi connectivity index (χ0v) is 9.84. The molecule has 0 aromatic carbocycles. The van der Waals surface area contributed by atoms with E-state index in [0.717, 1.165) is 12.8 Å². The molecule has 2 heterocycles. The Balaban J connectivity index is 1.89. The molecular weight excluding hydrogens is 236 g/mol. The van der Waals surface area contributed by atoms with Crippen LogP contribution in [0.1, 0.15) is 36.0 Å². The largest absolute Gasteiger partial charge is 0.337 e. The summed E-state index contributed by atoms with van der Waals surface area (Å²) in [7, 11) is 0. The number of H-pyrrole nitrogens is 1. The van der Waals surface area contributed by atoms with Crippen molar-refractivity contribution in [1.82, 2.24) is 19.7 Å². The van der Waals surface area contributed by atoms with Crippen molar-refractivity contribution in [1.29, 1.82) is 0 Å². The summed E-state index contributed by atoms with van der Waals surface area (Å²) in [5, 5.41) is 3.87. The summed E-state index contributed by atoms with van der Waals surface area (Å²) in [4.78, 5) is 29.3. The SMILES string of the molecule is Cc1cn(Cc2nc(C3CC3)no2)c(=O)[nH]c1=O. The van der Waals surface area contributed by atoms with Gasteiger partial charge in [-0.3, -0.25) is 14.3 Å². The summed E-state index contributed by atoms with van der Waals surface area (Å²) in [5.74, 6) is 1.50. The van der Waals surface area contributed by atoms with Gasteiger partial charge in [0, 0.05) is 17.7 Å². The maximum Gasteiger partial charge on any atom is 0.328 e. The van der Waals surface area contributed by atoms with Crippen molar-refractivity contribution in [2.24, 2.45) is 0 Å². The summed E-state index contributed by atoms with van der Waals surface area (Å²) in [6.45, 7) is 1.81. The van der Waals surface area contributed by atoms with Gasteiger partial charge in [0.15, 0.2) is 5.82 Å². The Morgan fingerprint density at radius 2 is 2.28 bits per heavy atom. The van der Waals surface area contributed by atoms with E-state index >= 15 is 0 Å². The fourth-order valence-electron chi connectivity index (χ4n) is 1.72. The number of nitrogens with one attached hydrogen (secondary N) is 1. The third kappa shape index (κ3) is 1.99. The number of hydrogen-bond donors (Lipinski definition) is 1. The lowest BCUT2D eigenvalue weighted by atomic mass is 10.4. The Hall–Kier alpha value is -2.18. The molecule has 1 aliphatic carbocycles. The Bertz CT molecular complexity index is 693. The number of aromatic nitrogens is 4. The predicted octanol–water partition coefficient (Wildman–Crippen LogP) is 0.154. The lowest BCUT2D eigenvalue weighted by Crippen LogP contribution is -2.31. The fourth-order valence-corrected chi connectivity index (χ4v) is 1.72. The van der Waals surface area contributed by atoms with Crippen LogP contribution in [0.5, 0.6) is 0 Å². The molecule has 18 heavy (non-hydrogen) atoms. The van der Waals surface area contributed by atoms with Gasteiger partial charge in [-0.2, -0.15) is 4.98 Å². The molecule has 1 fully saturated rings. The first-order valence-corrected chi connectivity index (χ1v) is 5.76. The molecule has 0 unspecified atom stereocenters. The first-order chi connectivity index (χ1) is 8.63. The Morgan fingerprint density at radius 3 is 3.00 bits per heavy atom. The Kier molecular flexibility index (Phi) is 2.39. The third-order valence-electron chi connectivity index (χ3n) is 2.92. The van der Waals surface area contributed by atoms with Crippen molar-refractivity contribution in [2.75, 3.05) is 0 Å². The fraction of sp³-hybridized carbons (Fsp3) is 0.455. The quantitative estimate of drug-likeness (QED) is 0.834. The second kappa shape index (κ2) is 3.94. The molecule has 2 aromatic heterocycles. The smallest absolute Gasteiger partial charge is 0.328 e. The number of hydrogen-bond acceptors (Lipinski definition) is 5. The average Bonchev–Trinajstić information content (AvgIpc) is 3.07. The van der Waals surface area contributed by atoms with Gasteiger partial charge in [-0.1, -0.05) is 5.16 Å². The van der Waals surface area contributed by atoms with Gasteiger partial charge in [0.1, 0.15) is 6.54 Å². The maximum absolute atomic E-state index is 11.6. The molecule has 0 amide bonds. The standard InChI is InChI=1S/C11H12N4O3/c1-6-4-15(11(17)13-10(6)16)5-8-12-9(14-18-8)7-2-3-7/h4,7H,2-3,5H2,1H3,(H,13,16,17). The van der Waals surface area contributed by atoms with Crippen LogP contribution < -0.4 is 11.2 Å². The van der Waals surface area contributed by atoms with Crippen molar-refractivity contribution in [3.05, 3.63) is 44.3 Å². The minimum Gasteiger partial charge on any atom is -0.337 e. The van der Waals surface area contributed by atoms with Crippen molar-refractivity contribution in [3.63, 3.8) is 0 Å². The molecule has 3 rings (SSSR count). The van der Waals surface area contributed by atoms with E-state index in [-0.39, 0.29) is 12.1 Å². The molecule has 7 heteroatoms. The van der Waals surface area contributed by atoms with Crippen LogP contribution in [-0.2, 0) is 6.54 Å². The Morgan fingerprint density at radius 1 is 1.50 bits per heavy atom. The van der Waals surface area contributed by atoms with E-state index in [1.165, 1.54) is 10.8 Å². The van der Waals surface area contributed by atoms with E-state index in [0.29, 0.717) is 23.2 Å². The highest BCUT2D eigenvalue weighted by Gasteiger charge is 2.28. The topological polar surface area (TPSA) is 93.8 Å². The van der Waals surface area contributed by atoms with Crippen molar-refractivity contribution >= 4 is 0 Å². The second-order valence-corrected chi connectivity index (χ2v) is 4.52. The van der Waals surface area contributed by atoms with Crippen LogP contribution in [0.15, 0.2) is 20.3 Å². The molecule has 2 aromatic rings. The van der Waals surface area contributed by atoms with E-state index < -0.39 is 5.69 Å². The van der Waals surface area contributed by atoms with Gasteiger partial charge in [0.2, 0.25) is 5.89 Å². The van der Waals surface area contributed by atoms with E-state index in [2.05, 4.69) is 15.1 Å². The zero-order chi connectivity index (χ0) is 12.7. The summed E-state index contributed by atoms with van der Waals surface area (Å²) in [6, 6.07) is 0. The highest BCUT2D eigenvalue weighted by molar-refractivity contribution is 5.05. The van der Waals surface area contributed by atoms with Crippen LogP contribution in [0, 0.1) is 6.92 Å². The van der Waals surface area contributed by atoms with Gasteiger partial charge < -0.3 is 4.52 Å². The average molecular weight is 248 g/mol. The second-order valence-electron chi connectivity index (χ2n) is 4.52. The van der Waals surface area contributed by atoms with E-state index in [4.69, 9.17) is 4.52 Å². The van der Waals surface area contributed by atoms with Crippen LogP contribution in [0.25, 0.3) is 0 Å². The van der Waals surface area contributed by atoms with Crippen molar-refractivity contribution in [3.8, 4) is 0 Å². The molecule has 1 saturated carbocycles. The van der Waals surface area contributed by atoms with Crippen LogP contribution in [0.2, 0.25) is 0 Å². The first-order valence-electron chi connectivity index (χ1n) is 5.76.